The molecule has 0 unspecified atom stereocenters. The zero-order chi connectivity index (χ0) is 21.8. The molecule has 8 nitrogen and oxygen atoms in total. The largest absolute Gasteiger partial charge is 0.466 e. The number of anilines is 1. The summed E-state index contributed by atoms with van der Waals surface area (Å²) in [6.45, 7) is 8.92. The summed E-state index contributed by atoms with van der Waals surface area (Å²) in [5, 5.41) is 8.15. The van der Waals surface area contributed by atoms with Gasteiger partial charge in [-0.15, -0.1) is 0 Å². The zero-order valence-electron chi connectivity index (χ0n) is 18.2. The van der Waals surface area contributed by atoms with Gasteiger partial charge in [-0.2, -0.15) is 5.10 Å². The summed E-state index contributed by atoms with van der Waals surface area (Å²) in [5.41, 5.74) is 4.04. The maximum Gasteiger partial charge on any atom is 0.355 e. The van der Waals surface area contributed by atoms with Crippen LogP contribution in [0.3, 0.4) is 0 Å². The second kappa shape index (κ2) is 6.84. The Balaban J connectivity index is 2.07. The van der Waals surface area contributed by atoms with E-state index in [9.17, 15) is 9.59 Å². The normalized spacial score (nSPS) is 19.7. The van der Waals surface area contributed by atoms with Gasteiger partial charge in [0.1, 0.15) is 12.4 Å². The standard InChI is InChI=1S/C22H27N3O5/c1-21(2)10-22(3,4)16-14(21)7-15-12(8-23-24-15)17(16)25-11-30-9-13(19(26)28-5)18(25)20(27)29-6/h7-8H,9-11H2,1-6H3,(H,23,24). The highest BCUT2D eigenvalue weighted by Crippen LogP contribution is 2.55. The van der Waals surface area contributed by atoms with Gasteiger partial charge in [0.25, 0.3) is 0 Å². The molecule has 1 aromatic carbocycles. The number of carbonyl (C=O) groups is 2. The lowest BCUT2D eigenvalue weighted by molar-refractivity contribution is -0.140. The van der Waals surface area contributed by atoms with E-state index in [0.29, 0.717) is 0 Å². The van der Waals surface area contributed by atoms with E-state index in [4.69, 9.17) is 14.2 Å². The van der Waals surface area contributed by atoms with E-state index in [1.807, 2.05) is 0 Å². The number of nitrogens with one attached hydrogen (secondary N) is 1. The Morgan fingerprint density at radius 2 is 1.83 bits per heavy atom. The molecule has 4 rings (SSSR count). The number of nitrogens with zero attached hydrogens (tertiary/aromatic N) is 2. The van der Waals surface area contributed by atoms with E-state index in [0.717, 1.165) is 28.6 Å². The molecule has 0 saturated carbocycles. The maximum absolute atomic E-state index is 12.8. The summed E-state index contributed by atoms with van der Waals surface area (Å²) in [5.74, 6) is -1.22. The van der Waals surface area contributed by atoms with Gasteiger partial charge in [-0.25, -0.2) is 9.59 Å². The Labute approximate surface area is 175 Å². The number of hydrogen-bond donors (Lipinski definition) is 1. The first kappa shape index (κ1) is 20.4. The van der Waals surface area contributed by atoms with Crippen molar-refractivity contribution in [2.75, 3.05) is 32.5 Å². The van der Waals surface area contributed by atoms with Gasteiger partial charge >= 0.3 is 11.9 Å². The number of aromatic amines is 1. The molecule has 8 heteroatoms. The molecule has 30 heavy (non-hydrogen) atoms. The van der Waals surface area contributed by atoms with Gasteiger partial charge in [-0.1, -0.05) is 27.7 Å². The number of fused-ring (bicyclic) bond motifs is 2. The Morgan fingerprint density at radius 1 is 1.13 bits per heavy atom. The molecule has 0 atom stereocenters. The van der Waals surface area contributed by atoms with Crippen molar-refractivity contribution < 1.29 is 23.8 Å². The Hall–Kier alpha value is -2.87. The highest BCUT2D eigenvalue weighted by Gasteiger charge is 2.46. The van der Waals surface area contributed by atoms with E-state index in [-0.39, 0.29) is 35.4 Å². The summed E-state index contributed by atoms with van der Waals surface area (Å²) >= 11 is 0. The SMILES string of the molecule is COC(=O)C1=C(C(=O)OC)N(c2c3c(cc4[nH]ncc24)C(C)(C)CC3(C)C)COC1. The lowest BCUT2D eigenvalue weighted by atomic mass is 9.81. The van der Waals surface area contributed by atoms with Crippen LogP contribution in [0.5, 0.6) is 0 Å². The van der Waals surface area contributed by atoms with Crippen LogP contribution in [0.15, 0.2) is 23.5 Å². The van der Waals surface area contributed by atoms with Crippen molar-refractivity contribution in [1.82, 2.24) is 10.2 Å². The van der Waals surface area contributed by atoms with Crippen molar-refractivity contribution in [2.45, 2.75) is 44.9 Å². The summed E-state index contributed by atoms with van der Waals surface area (Å²) < 4.78 is 15.7. The first-order chi connectivity index (χ1) is 14.1. The fraction of sp³-hybridized carbons (Fsp3) is 0.500. The minimum absolute atomic E-state index is 0.0218. The van der Waals surface area contributed by atoms with Crippen molar-refractivity contribution in [2.24, 2.45) is 0 Å². The summed E-state index contributed by atoms with van der Waals surface area (Å²) in [7, 11) is 2.58. The third-order valence-electron chi connectivity index (χ3n) is 6.11. The topological polar surface area (TPSA) is 93.8 Å². The van der Waals surface area contributed by atoms with Crippen molar-refractivity contribution in [3.05, 3.63) is 34.7 Å². The maximum atomic E-state index is 12.8. The van der Waals surface area contributed by atoms with Gasteiger partial charge in [0.15, 0.2) is 0 Å². The second-order valence-electron chi connectivity index (χ2n) is 9.14. The fourth-order valence-corrected chi connectivity index (χ4v) is 5.18. The number of H-pyrrole nitrogens is 1. The molecule has 0 fully saturated rings. The number of methoxy groups -OCH3 is 2. The van der Waals surface area contributed by atoms with E-state index >= 15 is 0 Å². The minimum Gasteiger partial charge on any atom is -0.466 e. The number of benzene rings is 1. The Bertz CT molecular complexity index is 1080. The highest BCUT2D eigenvalue weighted by molar-refractivity contribution is 6.06. The van der Waals surface area contributed by atoms with Crippen LogP contribution < -0.4 is 4.90 Å². The Morgan fingerprint density at radius 3 is 2.50 bits per heavy atom. The zero-order valence-corrected chi connectivity index (χ0v) is 18.2. The molecule has 160 valence electrons. The summed E-state index contributed by atoms with van der Waals surface area (Å²) in [6.07, 6.45) is 2.69. The van der Waals surface area contributed by atoms with Crippen LogP contribution in [-0.4, -0.2) is 49.7 Å². The van der Waals surface area contributed by atoms with Crippen molar-refractivity contribution >= 4 is 28.5 Å². The molecule has 0 radical (unpaired) electrons. The number of carbonyl (C=O) groups excluding carboxylic acids is 2. The molecule has 0 bridgehead atoms. The smallest absolute Gasteiger partial charge is 0.355 e. The molecular weight excluding hydrogens is 386 g/mol. The monoisotopic (exact) mass is 413 g/mol. The average molecular weight is 413 g/mol. The second-order valence-corrected chi connectivity index (χ2v) is 9.14. The number of aromatic nitrogens is 2. The molecule has 1 N–H and O–H groups in total. The summed E-state index contributed by atoms with van der Waals surface area (Å²) in [6, 6.07) is 2.14. The van der Waals surface area contributed by atoms with Crippen LogP contribution in [-0.2, 0) is 34.6 Å². The predicted molar refractivity (Wildman–Crippen MR) is 111 cm³/mol. The van der Waals surface area contributed by atoms with E-state index in [2.05, 4.69) is 44.0 Å². The molecule has 0 amide bonds. The fourth-order valence-electron chi connectivity index (χ4n) is 5.18. The molecule has 2 aliphatic rings. The average Bonchev–Trinajstić information content (AvgIpc) is 3.24. The van der Waals surface area contributed by atoms with Crippen LogP contribution in [0.25, 0.3) is 10.9 Å². The molecule has 2 heterocycles. The van der Waals surface area contributed by atoms with Crippen molar-refractivity contribution in [3.8, 4) is 0 Å². The molecule has 1 aliphatic heterocycles. The molecule has 1 aromatic heterocycles. The number of hydrogen-bond acceptors (Lipinski definition) is 7. The van der Waals surface area contributed by atoms with E-state index in [1.165, 1.54) is 19.8 Å². The number of ether oxygens (including phenoxy) is 3. The van der Waals surface area contributed by atoms with Crippen LogP contribution in [0.2, 0.25) is 0 Å². The summed E-state index contributed by atoms with van der Waals surface area (Å²) in [4.78, 5) is 27.0. The van der Waals surface area contributed by atoms with Gasteiger partial charge < -0.3 is 19.1 Å². The number of rotatable bonds is 3. The number of esters is 2. The molecular formula is C22H27N3O5. The molecule has 0 saturated heterocycles. The first-order valence-corrected chi connectivity index (χ1v) is 9.88. The van der Waals surface area contributed by atoms with E-state index < -0.39 is 11.9 Å². The van der Waals surface area contributed by atoms with Gasteiger partial charge in [-0.05, 0) is 34.4 Å². The lowest BCUT2D eigenvalue weighted by Crippen LogP contribution is -2.40. The quantitative estimate of drug-likeness (QED) is 0.773. The van der Waals surface area contributed by atoms with Gasteiger partial charge in [0.2, 0.25) is 0 Å². The lowest BCUT2D eigenvalue weighted by Gasteiger charge is -2.35. The third kappa shape index (κ3) is 2.89. The minimum atomic E-state index is -0.615. The van der Waals surface area contributed by atoms with Gasteiger partial charge in [-0.3, -0.25) is 5.10 Å². The van der Waals surface area contributed by atoms with Crippen LogP contribution >= 0.6 is 0 Å². The first-order valence-electron chi connectivity index (χ1n) is 9.88. The van der Waals surface area contributed by atoms with Gasteiger partial charge in [0.05, 0.1) is 43.8 Å². The molecule has 0 spiro atoms. The third-order valence-corrected chi connectivity index (χ3v) is 6.11. The van der Waals surface area contributed by atoms with Crippen LogP contribution in [0, 0.1) is 0 Å². The Kier molecular flexibility index (Phi) is 4.65. The molecule has 2 aromatic rings. The predicted octanol–water partition coefficient (Wildman–Crippen LogP) is 2.92. The van der Waals surface area contributed by atoms with Gasteiger partial charge in [0, 0.05) is 5.39 Å². The van der Waals surface area contributed by atoms with E-state index in [1.54, 1.807) is 11.1 Å². The molecule has 1 aliphatic carbocycles. The highest BCUT2D eigenvalue weighted by atomic mass is 16.5. The van der Waals surface area contributed by atoms with Crippen LogP contribution in [0.4, 0.5) is 5.69 Å². The van der Waals surface area contributed by atoms with Crippen LogP contribution in [0.1, 0.15) is 45.2 Å². The van der Waals surface area contributed by atoms with Crippen molar-refractivity contribution in [1.29, 1.82) is 0 Å². The van der Waals surface area contributed by atoms with Crippen molar-refractivity contribution in [3.63, 3.8) is 0 Å².